The lowest BCUT2D eigenvalue weighted by molar-refractivity contribution is 0.294. The van der Waals surface area contributed by atoms with E-state index in [2.05, 4.69) is 10.6 Å². The molecule has 1 atom stereocenters. The number of piperidine rings is 1. The van der Waals surface area contributed by atoms with Gasteiger partial charge < -0.3 is 15.7 Å². The van der Waals surface area contributed by atoms with Gasteiger partial charge in [-0.1, -0.05) is 12.1 Å². The number of phenolic OH excluding ortho intramolecular Hbond substituents is 1. The van der Waals surface area contributed by atoms with Crippen molar-refractivity contribution in [2.45, 2.75) is 18.9 Å². The van der Waals surface area contributed by atoms with Crippen molar-refractivity contribution in [2.75, 3.05) is 20.1 Å². The summed E-state index contributed by atoms with van der Waals surface area (Å²) in [5.41, 5.74) is 1.27. The summed E-state index contributed by atoms with van der Waals surface area (Å²) in [5.74, 6) is 1.03. The second-order valence-corrected chi connectivity index (χ2v) is 4.45. The fraction of sp³-hybridized carbons (Fsp3) is 0.538. The van der Waals surface area contributed by atoms with E-state index in [1.54, 1.807) is 12.1 Å². The van der Waals surface area contributed by atoms with E-state index in [1.807, 2.05) is 19.2 Å². The third kappa shape index (κ3) is 2.54. The summed E-state index contributed by atoms with van der Waals surface area (Å²) in [7, 11) is 2.01. The largest absolute Gasteiger partial charge is 0.508 e. The maximum atomic E-state index is 9.29. The number of aromatic hydroxyl groups is 1. The van der Waals surface area contributed by atoms with Crippen molar-refractivity contribution in [1.29, 1.82) is 0 Å². The van der Waals surface area contributed by atoms with E-state index in [-0.39, 0.29) is 0 Å². The van der Waals surface area contributed by atoms with E-state index < -0.39 is 0 Å². The molecule has 0 aromatic heterocycles. The molecule has 1 saturated heterocycles. The lowest BCUT2D eigenvalue weighted by atomic mass is 9.86. The molecule has 1 aromatic rings. The molecule has 3 nitrogen and oxygen atoms in total. The molecule has 0 aliphatic carbocycles. The molecule has 3 heteroatoms. The molecule has 3 N–H and O–H groups in total. The lowest BCUT2D eigenvalue weighted by Crippen LogP contribution is -2.35. The zero-order valence-corrected chi connectivity index (χ0v) is 9.74. The van der Waals surface area contributed by atoms with Gasteiger partial charge in [0.05, 0.1) is 0 Å². The van der Waals surface area contributed by atoms with Gasteiger partial charge in [0.2, 0.25) is 0 Å². The van der Waals surface area contributed by atoms with Crippen LogP contribution in [0.5, 0.6) is 5.75 Å². The summed E-state index contributed by atoms with van der Waals surface area (Å²) >= 11 is 0. The second-order valence-electron chi connectivity index (χ2n) is 4.45. The first-order valence-corrected chi connectivity index (χ1v) is 5.98. The molecule has 1 fully saturated rings. The van der Waals surface area contributed by atoms with Crippen LogP contribution in [0.4, 0.5) is 0 Å². The van der Waals surface area contributed by atoms with Gasteiger partial charge in [-0.05, 0) is 56.6 Å². The molecule has 1 aliphatic heterocycles. The molecular formula is C13H20N2O. The molecule has 1 aromatic carbocycles. The Morgan fingerprint density at radius 3 is 2.44 bits per heavy atom. The van der Waals surface area contributed by atoms with E-state index in [4.69, 9.17) is 0 Å². The summed E-state index contributed by atoms with van der Waals surface area (Å²) in [6, 6.07) is 7.96. The minimum absolute atomic E-state index is 0.337. The molecule has 0 amide bonds. The first-order valence-electron chi connectivity index (χ1n) is 5.98. The third-order valence-electron chi connectivity index (χ3n) is 3.42. The molecular weight excluding hydrogens is 200 g/mol. The van der Waals surface area contributed by atoms with Gasteiger partial charge in [-0.2, -0.15) is 0 Å². The number of hydrogen-bond donors (Lipinski definition) is 3. The maximum absolute atomic E-state index is 9.29. The van der Waals surface area contributed by atoms with Gasteiger partial charge >= 0.3 is 0 Å². The summed E-state index contributed by atoms with van der Waals surface area (Å²) < 4.78 is 0. The number of rotatable bonds is 3. The van der Waals surface area contributed by atoms with Crippen LogP contribution in [0.1, 0.15) is 24.4 Å². The van der Waals surface area contributed by atoms with Crippen LogP contribution in [0.15, 0.2) is 24.3 Å². The van der Waals surface area contributed by atoms with Gasteiger partial charge in [0.25, 0.3) is 0 Å². The van der Waals surface area contributed by atoms with Crippen molar-refractivity contribution < 1.29 is 5.11 Å². The van der Waals surface area contributed by atoms with E-state index >= 15 is 0 Å². The van der Waals surface area contributed by atoms with E-state index in [0.717, 1.165) is 13.1 Å². The molecule has 88 valence electrons. The van der Waals surface area contributed by atoms with Crippen LogP contribution in [0.3, 0.4) is 0 Å². The predicted molar refractivity (Wildman–Crippen MR) is 65.5 cm³/mol. The second kappa shape index (κ2) is 5.32. The first kappa shape index (κ1) is 11.4. The SMILES string of the molecule is CNC(c1ccc(O)cc1)C1CCNCC1. The topological polar surface area (TPSA) is 44.3 Å². The highest BCUT2D eigenvalue weighted by Crippen LogP contribution is 2.29. The summed E-state index contributed by atoms with van der Waals surface area (Å²) in [6.07, 6.45) is 2.43. The Hall–Kier alpha value is -1.06. The summed E-state index contributed by atoms with van der Waals surface area (Å²) in [6.45, 7) is 2.22. The molecule has 16 heavy (non-hydrogen) atoms. The molecule has 0 bridgehead atoms. The van der Waals surface area contributed by atoms with Crippen molar-refractivity contribution in [2.24, 2.45) is 5.92 Å². The van der Waals surface area contributed by atoms with Crippen LogP contribution in [0, 0.1) is 5.92 Å². The Morgan fingerprint density at radius 2 is 1.88 bits per heavy atom. The lowest BCUT2D eigenvalue weighted by Gasteiger charge is -2.30. The minimum atomic E-state index is 0.337. The third-order valence-corrected chi connectivity index (χ3v) is 3.42. The molecule has 0 saturated carbocycles. The highest BCUT2D eigenvalue weighted by atomic mass is 16.3. The van der Waals surface area contributed by atoms with Crippen LogP contribution in [-0.2, 0) is 0 Å². The molecule has 0 spiro atoms. The van der Waals surface area contributed by atoms with Crippen LogP contribution in [0.2, 0.25) is 0 Å². The molecule has 1 aliphatic rings. The standard InChI is InChI=1S/C13H20N2O/c1-14-13(11-6-8-15-9-7-11)10-2-4-12(16)5-3-10/h2-5,11,13-16H,6-9H2,1H3. The van der Waals surface area contributed by atoms with Gasteiger partial charge in [-0.3, -0.25) is 0 Å². The van der Waals surface area contributed by atoms with Gasteiger partial charge in [-0.25, -0.2) is 0 Å². The van der Waals surface area contributed by atoms with Crippen LogP contribution in [0.25, 0.3) is 0 Å². The Bertz CT molecular complexity index is 317. The van der Waals surface area contributed by atoms with Crippen molar-refractivity contribution in [1.82, 2.24) is 10.6 Å². The Kier molecular flexibility index (Phi) is 3.80. The monoisotopic (exact) mass is 220 g/mol. The minimum Gasteiger partial charge on any atom is -0.508 e. The van der Waals surface area contributed by atoms with E-state index in [9.17, 15) is 5.11 Å². The van der Waals surface area contributed by atoms with Gasteiger partial charge in [0, 0.05) is 6.04 Å². The fourth-order valence-corrected chi connectivity index (χ4v) is 2.53. The highest BCUT2D eigenvalue weighted by molar-refractivity contribution is 5.28. The Labute approximate surface area is 96.9 Å². The van der Waals surface area contributed by atoms with Gasteiger partial charge in [-0.15, -0.1) is 0 Å². The number of nitrogens with one attached hydrogen (secondary N) is 2. The average molecular weight is 220 g/mol. The van der Waals surface area contributed by atoms with Crippen molar-refractivity contribution in [3.63, 3.8) is 0 Å². The molecule has 2 rings (SSSR count). The Balaban J connectivity index is 2.11. The van der Waals surface area contributed by atoms with Crippen LogP contribution in [-0.4, -0.2) is 25.2 Å². The summed E-state index contributed by atoms with van der Waals surface area (Å²) in [5, 5.41) is 16.1. The smallest absolute Gasteiger partial charge is 0.115 e. The Morgan fingerprint density at radius 1 is 1.25 bits per heavy atom. The maximum Gasteiger partial charge on any atom is 0.115 e. The number of benzene rings is 1. The molecule has 0 radical (unpaired) electrons. The zero-order chi connectivity index (χ0) is 11.4. The van der Waals surface area contributed by atoms with E-state index in [1.165, 1.54) is 18.4 Å². The normalized spacial score (nSPS) is 19.6. The quantitative estimate of drug-likeness (QED) is 0.726. The molecule has 1 heterocycles. The van der Waals surface area contributed by atoms with Gasteiger partial charge in [0.1, 0.15) is 5.75 Å². The van der Waals surface area contributed by atoms with E-state index in [0.29, 0.717) is 17.7 Å². The molecule has 1 unspecified atom stereocenters. The summed E-state index contributed by atoms with van der Waals surface area (Å²) in [4.78, 5) is 0. The van der Waals surface area contributed by atoms with Crippen molar-refractivity contribution in [3.8, 4) is 5.75 Å². The predicted octanol–water partition coefficient (Wildman–Crippen LogP) is 1.65. The van der Waals surface area contributed by atoms with Crippen molar-refractivity contribution in [3.05, 3.63) is 29.8 Å². The zero-order valence-electron chi connectivity index (χ0n) is 9.74. The van der Waals surface area contributed by atoms with Gasteiger partial charge in [0.15, 0.2) is 0 Å². The van der Waals surface area contributed by atoms with Crippen LogP contribution >= 0.6 is 0 Å². The van der Waals surface area contributed by atoms with Crippen molar-refractivity contribution >= 4 is 0 Å². The highest BCUT2D eigenvalue weighted by Gasteiger charge is 2.23. The number of phenols is 1. The van der Waals surface area contributed by atoms with Crippen LogP contribution < -0.4 is 10.6 Å². The first-order chi connectivity index (χ1) is 7.81. The fourth-order valence-electron chi connectivity index (χ4n) is 2.53. The average Bonchev–Trinajstić information content (AvgIpc) is 2.34. The number of hydrogen-bond acceptors (Lipinski definition) is 3.